The fraction of sp³-hybridized carbons (Fsp3) is 0.667. The van der Waals surface area contributed by atoms with Gasteiger partial charge in [0.2, 0.25) is 0 Å². The molecule has 2 amide bonds. The van der Waals surface area contributed by atoms with E-state index in [1.807, 2.05) is 26.2 Å². The Labute approximate surface area is 150 Å². The van der Waals surface area contributed by atoms with Gasteiger partial charge in [0, 0.05) is 25.7 Å². The molecule has 7 nitrogen and oxygen atoms in total. The zero-order valence-electron chi connectivity index (χ0n) is 15.8. The zero-order chi connectivity index (χ0) is 18.2. The van der Waals surface area contributed by atoms with Gasteiger partial charge in [-0.25, -0.2) is 9.78 Å². The Morgan fingerprint density at radius 1 is 1.32 bits per heavy atom. The van der Waals surface area contributed by atoms with E-state index in [0.29, 0.717) is 24.2 Å². The lowest BCUT2D eigenvalue weighted by atomic mass is 10.0. The molecule has 0 saturated carbocycles. The number of aromatic nitrogens is 1. The van der Waals surface area contributed by atoms with Crippen LogP contribution in [0.25, 0.3) is 0 Å². The first kappa shape index (κ1) is 19.5. The van der Waals surface area contributed by atoms with Crippen LogP contribution in [0.4, 0.5) is 16.3 Å². The number of nitrogens with zero attached hydrogens (tertiary/aromatic N) is 3. The van der Waals surface area contributed by atoms with Crippen molar-refractivity contribution < 1.29 is 9.53 Å². The molecule has 0 aliphatic carbocycles. The molecule has 2 rings (SSSR count). The SMILES string of the molecule is CC(C)C[C@@H](CNC(=O)Nc1ccc(N2CCOCC2)nc1)N(C)C. The Hall–Kier alpha value is -1.86. The van der Waals surface area contributed by atoms with Crippen molar-refractivity contribution in [3.05, 3.63) is 18.3 Å². The third-order valence-electron chi connectivity index (χ3n) is 4.31. The maximum atomic E-state index is 12.1. The number of nitrogens with one attached hydrogen (secondary N) is 2. The number of urea groups is 1. The molecule has 140 valence electrons. The molecule has 1 saturated heterocycles. The topological polar surface area (TPSA) is 69.7 Å². The number of ether oxygens (including phenoxy) is 1. The molecule has 2 N–H and O–H groups in total. The minimum atomic E-state index is -0.198. The van der Waals surface area contributed by atoms with Gasteiger partial charge in [-0.15, -0.1) is 0 Å². The summed E-state index contributed by atoms with van der Waals surface area (Å²) in [5, 5.41) is 5.79. The molecule has 0 bridgehead atoms. The molecule has 1 aliphatic rings. The smallest absolute Gasteiger partial charge is 0.319 e. The number of anilines is 2. The number of morpholine rings is 1. The van der Waals surface area contributed by atoms with Gasteiger partial charge >= 0.3 is 6.03 Å². The highest BCUT2D eigenvalue weighted by atomic mass is 16.5. The van der Waals surface area contributed by atoms with Crippen molar-refractivity contribution >= 4 is 17.5 Å². The van der Waals surface area contributed by atoms with Crippen LogP contribution in [-0.2, 0) is 4.74 Å². The highest BCUT2D eigenvalue weighted by Gasteiger charge is 2.15. The first-order valence-corrected chi connectivity index (χ1v) is 8.95. The molecule has 0 aromatic carbocycles. The molecule has 1 aromatic heterocycles. The third-order valence-corrected chi connectivity index (χ3v) is 4.31. The van der Waals surface area contributed by atoms with Crippen LogP contribution in [0.2, 0.25) is 0 Å². The van der Waals surface area contributed by atoms with E-state index < -0.39 is 0 Å². The van der Waals surface area contributed by atoms with Crippen LogP contribution in [0.5, 0.6) is 0 Å². The zero-order valence-corrected chi connectivity index (χ0v) is 15.8. The van der Waals surface area contributed by atoms with E-state index in [9.17, 15) is 4.79 Å². The van der Waals surface area contributed by atoms with Crippen molar-refractivity contribution in [1.29, 1.82) is 0 Å². The number of likely N-dealkylation sites (N-methyl/N-ethyl adjacent to an activating group) is 1. The number of rotatable bonds is 7. The molecular formula is C18H31N5O2. The Kier molecular flexibility index (Phi) is 7.46. The van der Waals surface area contributed by atoms with Gasteiger partial charge in [-0.05, 0) is 38.6 Å². The van der Waals surface area contributed by atoms with Crippen LogP contribution in [0.15, 0.2) is 18.3 Å². The average Bonchev–Trinajstić information content (AvgIpc) is 2.59. The van der Waals surface area contributed by atoms with Gasteiger partial charge < -0.3 is 25.2 Å². The lowest BCUT2D eigenvalue weighted by molar-refractivity contribution is 0.122. The van der Waals surface area contributed by atoms with Crippen LogP contribution in [-0.4, -0.2) is 68.9 Å². The fourth-order valence-electron chi connectivity index (χ4n) is 2.85. The molecule has 1 atom stereocenters. The first-order chi connectivity index (χ1) is 12.0. The van der Waals surface area contributed by atoms with E-state index in [-0.39, 0.29) is 6.03 Å². The number of amides is 2. The lowest BCUT2D eigenvalue weighted by Crippen LogP contribution is -2.42. The Morgan fingerprint density at radius 2 is 2.04 bits per heavy atom. The molecule has 2 heterocycles. The van der Waals surface area contributed by atoms with Crippen LogP contribution in [0, 0.1) is 5.92 Å². The van der Waals surface area contributed by atoms with Crippen molar-refractivity contribution in [3.63, 3.8) is 0 Å². The van der Waals surface area contributed by atoms with Crippen LogP contribution >= 0.6 is 0 Å². The highest BCUT2D eigenvalue weighted by Crippen LogP contribution is 2.15. The van der Waals surface area contributed by atoms with E-state index in [4.69, 9.17) is 4.74 Å². The van der Waals surface area contributed by atoms with Gasteiger partial charge in [-0.3, -0.25) is 0 Å². The monoisotopic (exact) mass is 349 g/mol. The van der Waals surface area contributed by atoms with Crippen molar-refractivity contribution in [2.24, 2.45) is 5.92 Å². The van der Waals surface area contributed by atoms with Crippen molar-refractivity contribution in [2.75, 3.05) is 57.2 Å². The maximum Gasteiger partial charge on any atom is 0.319 e. The number of hydrogen-bond acceptors (Lipinski definition) is 5. The van der Waals surface area contributed by atoms with Crippen LogP contribution in [0.1, 0.15) is 20.3 Å². The van der Waals surface area contributed by atoms with E-state index in [0.717, 1.165) is 38.5 Å². The minimum absolute atomic E-state index is 0.198. The molecule has 25 heavy (non-hydrogen) atoms. The second kappa shape index (κ2) is 9.58. The van der Waals surface area contributed by atoms with E-state index in [1.54, 1.807) is 6.20 Å². The van der Waals surface area contributed by atoms with E-state index in [2.05, 4.69) is 39.3 Å². The van der Waals surface area contributed by atoms with Crippen LogP contribution in [0.3, 0.4) is 0 Å². The fourth-order valence-corrected chi connectivity index (χ4v) is 2.85. The Morgan fingerprint density at radius 3 is 2.60 bits per heavy atom. The second-order valence-electron chi connectivity index (χ2n) is 7.09. The molecule has 1 fully saturated rings. The normalized spacial score (nSPS) is 16.2. The number of carbonyl (C=O) groups is 1. The highest BCUT2D eigenvalue weighted by molar-refractivity contribution is 5.89. The predicted molar refractivity (Wildman–Crippen MR) is 101 cm³/mol. The summed E-state index contributed by atoms with van der Waals surface area (Å²) < 4.78 is 5.35. The van der Waals surface area contributed by atoms with Gasteiger partial charge in [0.15, 0.2) is 0 Å². The minimum Gasteiger partial charge on any atom is -0.378 e. The molecule has 0 spiro atoms. The summed E-state index contributed by atoms with van der Waals surface area (Å²) in [4.78, 5) is 20.9. The summed E-state index contributed by atoms with van der Waals surface area (Å²) in [6, 6.07) is 3.95. The summed E-state index contributed by atoms with van der Waals surface area (Å²) >= 11 is 0. The summed E-state index contributed by atoms with van der Waals surface area (Å²) in [6.45, 7) is 8.16. The quantitative estimate of drug-likeness (QED) is 0.788. The molecule has 1 aliphatic heterocycles. The first-order valence-electron chi connectivity index (χ1n) is 8.95. The van der Waals surface area contributed by atoms with E-state index in [1.165, 1.54) is 0 Å². The van der Waals surface area contributed by atoms with Gasteiger partial charge in [0.05, 0.1) is 25.1 Å². The van der Waals surface area contributed by atoms with Gasteiger partial charge in [0.1, 0.15) is 5.82 Å². The standard InChI is InChI=1S/C18H31N5O2/c1-14(2)11-16(22(3)4)13-20-18(24)21-15-5-6-17(19-12-15)23-7-9-25-10-8-23/h5-6,12,14,16H,7-11,13H2,1-4H3,(H2,20,21,24)/t16-/m0/s1. The van der Waals surface area contributed by atoms with Gasteiger partial charge in [-0.2, -0.15) is 0 Å². The van der Waals surface area contributed by atoms with E-state index >= 15 is 0 Å². The van der Waals surface area contributed by atoms with Crippen molar-refractivity contribution in [3.8, 4) is 0 Å². The molecular weight excluding hydrogens is 318 g/mol. The Bertz CT molecular complexity index is 527. The van der Waals surface area contributed by atoms with Gasteiger partial charge in [0.25, 0.3) is 0 Å². The number of pyridine rings is 1. The van der Waals surface area contributed by atoms with Gasteiger partial charge in [-0.1, -0.05) is 13.8 Å². The molecule has 7 heteroatoms. The largest absolute Gasteiger partial charge is 0.378 e. The number of hydrogen-bond donors (Lipinski definition) is 2. The Balaban J connectivity index is 1.81. The average molecular weight is 349 g/mol. The molecule has 1 aromatic rings. The van der Waals surface area contributed by atoms with Crippen molar-refractivity contribution in [2.45, 2.75) is 26.3 Å². The third kappa shape index (κ3) is 6.51. The number of carbonyl (C=O) groups excluding carboxylic acids is 1. The second-order valence-corrected chi connectivity index (χ2v) is 7.09. The summed E-state index contributed by atoms with van der Waals surface area (Å²) in [5.41, 5.74) is 0.694. The summed E-state index contributed by atoms with van der Waals surface area (Å²) in [7, 11) is 4.09. The lowest BCUT2D eigenvalue weighted by Gasteiger charge is -2.27. The summed E-state index contributed by atoms with van der Waals surface area (Å²) in [6.07, 6.45) is 2.74. The predicted octanol–water partition coefficient (Wildman–Crippen LogP) is 2.02. The van der Waals surface area contributed by atoms with Crippen molar-refractivity contribution in [1.82, 2.24) is 15.2 Å². The summed E-state index contributed by atoms with van der Waals surface area (Å²) in [5.74, 6) is 1.51. The molecule has 0 radical (unpaired) electrons. The maximum absolute atomic E-state index is 12.1. The van der Waals surface area contributed by atoms with Crippen LogP contribution < -0.4 is 15.5 Å². The molecule has 0 unspecified atom stereocenters.